The first-order valence-corrected chi connectivity index (χ1v) is 9.68. The van der Waals surface area contributed by atoms with Crippen LogP contribution in [0.5, 0.6) is 0 Å². The smallest absolute Gasteiger partial charge is 0.274 e. The molecule has 27 heavy (non-hydrogen) atoms. The molecule has 2 N–H and O–H groups in total. The Kier molecular flexibility index (Phi) is 4.08. The number of rotatable bonds is 4. The number of hydrogen-bond acceptors (Lipinski definition) is 6. The maximum absolute atomic E-state index is 12.7. The highest BCUT2D eigenvalue weighted by Gasteiger charge is 2.21. The summed E-state index contributed by atoms with van der Waals surface area (Å²) in [4.78, 5) is 12.7. The van der Waals surface area contributed by atoms with Gasteiger partial charge in [-0.2, -0.15) is 15.3 Å². The second-order valence-corrected chi connectivity index (χ2v) is 8.16. The first kappa shape index (κ1) is 17.4. The fourth-order valence-electron chi connectivity index (χ4n) is 2.68. The van der Waals surface area contributed by atoms with Gasteiger partial charge in [0.2, 0.25) is 9.84 Å². The second-order valence-electron chi connectivity index (χ2n) is 5.88. The van der Waals surface area contributed by atoms with Gasteiger partial charge < -0.3 is 0 Å². The van der Waals surface area contributed by atoms with Crippen molar-refractivity contribution in [2.24, 2.45) is 0 Å². The number of sulfone groups is 1. The minimum Gasteiger partial charge on any atom is -0.284 e. The summed E-state index contributed by atoms with van der Waals surface area (Å²) >= 11 is 6.14. The van der Waals surface area contributed by atoms with Crippen molar-refractivity contribution in [2.45, 2.75) is 23.4 Å². The molecule has 3 heterocycles. The van der Waals surface area contributed by atoms with Crippen molar-refractivity contribution in [3.05, 3.63) is 63.4 Å². The molecule has 9 nitrogen and oxygen atoms in total. The minimum atomic E-state index is -3.77. The van der Waals surface area contributed by atoms with Crippen LogP contribution in [0.15, 0.2) is 51.4 Å². The molecule has 3 aromatic heterocycles. The van der Waals surface area contributed by atoms with E-state index in [1.807, 2.05) is 0 Å². The van der Waals surface area contributed by atoms with E-state index in [0.717, 1.165) is 0 Å². The number of benzene rings is 1. The summed E-state index contributed by atoms with van der Waals surface area (Å²) in [5, 5.41) is 18.2. The lowest BCUT2D eigenvalue weighted by Gasteiger charge is -2.06. The van der Waals surface area contributed by atoms with Crippen molar-refractivity contribution in [3.8, 4) is 0 Å². The van der Waals surface area contributed by atoms with Crippen LogP contribution < -0.4 is 5.56 Å². The van der Waals surface area contributed by atoms with Gasteiger partial charge in [-0.15, -0.1) is 0 Å². The Morgan fingerprint density at radius 3 is 2.70 bits per heavy atom. The minimum absolute atomic E-state index is 0.0343. The van der Waals surface area contributed by atoms with Crippen LogP contribution in [0.2, 0.25) is 5.02 Å². The van der Waals surface area contributed by atoms with E-state index in [4.69, 9.17) is 11.6 Å². The van der Waals surface area contributed by atoms with Crippen molar-refractivity contribution >= 4 is 32.2 Å². The average Bonchev–Trinajstić information content (AvgIpc) is 3.30. The molecule has 4 rings (SSSR count). The van der Waals surface area contributed by atoms with Gasteiger partial charge in [0.15, 0.2) is 5.03 Å². The van der Waals surface area contributed by atoms with Gasteiger partial charge in [0.1, 0.15) is 5.69 Å². The van der Waals surface area contributed by atoms with Crippen LogP contribution in [-0.2, 0) is 16.4 Å². The number of fused-ring (bicyclic) bond motifs is 1. The zero-order valence-electron chi connectivity index (χ0n) is 14.0. The molecule has 0 saturated heterocycles. The maximum atomic E-state index is 12.7. The summed E-state index contributed by atoms with van der Waals surface area (Å²) < 4.78 is 26.3. The number of aromatic nitrogens is 6. The van der Waals surface area contributed by atoms with Gasteiger partial charge in [-0.05, 0) is 31.2 Å². The number of nitrogens with zero attached hydrogens (tertiary/aromatic N) is 4. The van der Waals surface area contributed by atoms with E-state index in [0.29, 0.717) is 27.2 Å². The largest absolute Gasteiger partial charge is 0.284 e. The van der Waals surface area contributed by atoms with E-state index < -0.39 is 9.84 Å². The molecule has 0 aliphatic heterocycles. The number of halogens is 1. The highest BCUT2D eigenvalue weighted by Crippen LogP contribution is 2.22. The van der Waals surface area contributed by atoms with Gasteiger partial charge in [-0.25, -0.2) is 13.1 Å². The Balaban J connectivity index is 1.77. The van der Waals surface area contributed by atoms with Crippen LogP contribution in [0.25, 0.3) is 10.8 Å². The molecule has 11 heteroatoms. The first-order valence-electron chi connectivity index (χ1n) is 7.82. The van der Waals surface area contributed by atoms with E-state index in [1.54, 1.807) is 6.92 Å². The Morgan fingerprint density at radius 2 is 2.04 bits per heavy atom. The summed E-state index contributed by atoms with van der Waals surface area (Å²) in [6.45, 7) is 1.88. The molecule has 138 valence electrons. The molecule has 0 saturated carbocycles. The number of H-pyrrole nitrogens is 2. The van der Waals surface area contributed by atoms with Crippen molar-refractivity contribution in [1.29, 1.82) is 0 Å². The third kappa shape index (κ3) is 2.92. The lowest BCUT2D eigenvalue weighted by molar-refractivity contribution is 0.592. The quantitative estimate of drug-likeness (QED) is 0.533. The summed E-state index contributed by atoms with van der Waals surface area (Å²) in [6.07, 6.45) is 2.86. The number of nitrogens with one attached hydrogen (secondary N) is 2. The zero-order chi connectivity index (χ0) is 19.2. The first-order chi connectivity index (χ1) is 12.9. The monoisotopic (exact) mass is 404 g/mol. The summed E-state index contributed by atoms with van der Waals surface area (Å²) in [6, 6.07) is 5.62. The van der Waals surface area contributed by atoms with Crippen LogP contribution in [0.4, 0.5) is 0 Å². The van der Waals surface area contributed by atoms with Gasteiger partial charge >= 0.3 is 0 Å². The Hall–Kier alpha value is -2.98. The summed E-state index contributed by atoms with van der Waals surface area (Å²) in [7, 11) is -3.77. The maximum Gasteiger partial charge on any atom is 0.274 e. The standard InChI is InChI=1S/C16H13ClN6O3S/c1-9-15(17)13(21-20-9)8-23-16(24)12-3-2-11(6-10(12)7-19-23)27(25,26)14-4-5-18-22-14/h2-7H,8H2,1H3,(H,18,22)(H,20,21). The molecule has 1 aromatic carbocycles. The van der Waals surface area contributed by atoms with Crippen molar-refractivity contribution in [3.63, 3.8) is 0 Å². The molecule has 0 aliphatic carbocycles. The fraction of sp³-hybridized carbons (Fsp3) is 0.125. The normalized spacial score (nSPS) is 11.9. The third-order valence-corrected chi connectivity index (χ3v) is 6.28. The van der Waals surface area contributed by atoms with Crippen molar-refractivity contribution in [1.82, 2.24) is 30.2 Å². The predicted molar refractivity (Wildman–Crippen MR) is 97.5 cm³/mol. The lowest BCUT2D eigenvalue weighted by atomic mass is 10.2. The SMILES string of the molecule is Cc1[nH]nc(Cn2ncc3cc(S(=O)(=O)c4cc[nH]n4)ccc3c2=O)c1Cl. The van der Waals surface area contributed by atoms with Crippen LogP contribution in [0, 0.1) is 6.92 Å². The average molecular weight is 405 g/mol. The Bertz CT molecular complexity index is 1310. The molecular weight excluding hydrogens is 392 g/mol. The highest BCUT2D eigenvalue weighted by atomic mass is 35.5. The highest BCUT2D eigenvalue weighted by molar-refractivity contribution is 7.91. The van der Waals surface area contributed by atoms with E-state index >= 15 is 0 Å². The van der Waals surface area contributed by atoms with Gasteiger partial charge in [0, 0.05) is 11.6 Å². The van der Waals surface area contributed by atoms with Crippen LogP contribution in [0.1, 0.15) is 11.4 Å². The van der Waals surface area contributed by atoms with Gasteiger partial charge in [0.05, 0.1) is 33.7 Å². The second kappa shape index (κ2) is 6.32. The molecule has 4 aromatic rings. The van der Waals surface area contributed by atoms with Crippen LogP contribution in [0.3, 0.4) is 0 Å². The number of aryl methyl sites for hydroxylation is 1. The van der Waals surface area contributed by atoms with E-state index in [1.165, 1.54) is 41.3 Å². The molecule has 0 unspecified atom stereocenters. The number of aromatic amines is 2. The topological polar surface area (TPSA) is 126 Å². The van der Waals surface area contributed by atoms with Gasteiger partial charge in [-0.3, -0.25) is 15.0 Å². The predicted octanol–water partition coefficient (Wildman–Crippen LogP) is 1.69. The molecule has 0 aliphatic rings. The molecule has 0 bridgehead atoms. The molecule has 0 fully saturated rings. The number of hydrogen-bond donors (Lipinski definition) is 2. The molecule has 0 spiro atoms. The van der Waals surface area contributed by atoms with Crippen LogP contribution >= 0.6 is 11.6 Å². The third-order valence-electron chi connectivity index (χ3n) is 4.13. The van der Waals surface area contributed by atoms with Gasteiger partial charge in [-0.1, -0.05) is 11.6 Å². The van der Waals surface area contributed by atoms with Gasteiger partial charge in [0.25, 0.3) is 5.56 Å². The Labute approximate surface area is 157 Å². The van der Waals surface area contributed by atoms with Crippen LogP contribution in [-0.4, -0.2) is 38.6 Å². The van der Waals surface area contributed by atoms with Crippen molar-refractivity contribution in [2.75, 3.05) is 0 Å². The van der Waals surface area contributed by atoms with E-state index in [-0.39, 0.29) is 22.0 Å². The summed E-state index contributed by atoms with van der Waals surface area (Å²) in [5.41, 5.74) is 0.836. The molecule has 0 atom stereocenters. The molecule has 0 amide bonds. The zero-order valence-corrected chi connectivity index (χ0v) is 15.5. The summed E-state index contributed by atoms with van der Waals surface area (Å²) in [5.74, 6) is 0. The lowest BCUT2D eigenvalue weighted by Crippen LogP contribution is -2.23. The van der Waals surface area contributed by atoms with E-state index in [2.05, 4.69) is 25.5 Å². The molecule has 0 radical (unpaired) electrons. The molecular formula is C16H13ClN6O3S. The Morgan fingerprint density at radius 1 is 1.22 bits per heavy atom. The fourth-order valence-corrected chi connectivity index (χ4v) is 4.01. The van der Waals surface area contributed by atoms with Crippen molar-refractivity contribution < 1.29 is 8.42 Å². The van der Waals surface area contributed by atoms with E-state index in [9.17, 15) is 13.2 Å².